The van der Waals surface area contributed by atoms with Gasteiger partial charge in [-0.3, -0.25) is 4.68 Å². The van der Waals surface area contributed by atoms with Gasteiger partial charge in [0.2, 0.25) is 10.0 Å². The summed E-state index contributed by atoms with van der Waals surface area (Å²) < 4.78 is 27.7. The quantitative estimate of drug-likeness (QED) is 0.784. The van der Waals surface area contributed by atoms with Gasteiger partial charge in [-0.05, 0) is 19.8 Å². The summed E-state index contributed by atoms with van der Waals surface area (Å²) in [4.78, 5) is 0. The molecule has 0 spiro atoms. The Morgan fingerprint density at radius 1 is 1.58 bits per heavy atom. The summed E-state index contributed by atoms with van der Waals surface area (Å²) >= 11 is 0. The van der Waals surface area contributed by atoms with E-state index in [-0.39, 0.29) is 0 Å². The Labute approximate surface area is 114 Å². The summed E-state index contributed by atoms with van der Waals surface area (Å²) in [6.07, 6.45) is 5.86. The predicted molar refractivity (Wildman–Crippen MR) is 74.1 cm³/mol. The van der Waals surface area contributed by atoms with Crippen molar-refractivity contribution >= 4 is 10.0 Å². The Morgan fingerprint density at radius 3 is 2.79 bits per heavy atom. The van der Waals surface area contributed by atoms with Gasteiger partial charge in [0.05, 0.1) is 11.4 Å². The van der Waals surface area contributed by atoms with E-state index < -0.39 is 15.3 Å². The summed E-state index contributed by atoms with van der Waals surface area (Å²) in [6.45, 7) is 2.64. The zero-order valence-corrected chi connectivity index (χ0v) is 12.5. The Morgan fingerprint density at radius 2 is 2.26 bits per heavy atom. The minimum atomic E-state index is -3.26. The zero-order valence-electron chi connectivity index (χ0n) is 11.7. The number of nitrogens with zero attached hydrogens (tertiary/aromatic N) is 3. The van der Waals surface area contributed by atoms with Gasteiger partial charge in [0, 0.05) is 45.0 Å². The van der Waals surface area contributed by atoms with Crippen molar-refractivity contribution in [2.45, 2.75) is 37.6 Å². The van der Waals surface area contributed by atoms with Crippen LogP contribution in [0.2, 0.25) is 0 Å². The van der Waals surface area contributed by atoms with Gasteiger partial charge in [0.25, 0.3) is 0 Å². The van der Waals surface area contributed by atoms with Crippen LogP contribution in [-0.4, -0.2) is 47.4 Å². The van der Waals surface area contributed by atoms with E-state index in [2.05, 4.69) is 10.4 Å². The third kappa shape index (κ3) is 3.77. The van der Waals surface area contributed by atoms with Gasteiger partial charge in [0.15, 0.2) is 0 Å². The molecule has 0 radical (unpaired) electrons. The molecule has 0 aromatic carbocycles. The highest BCUT2D eigenvalue weighted by atomic mass is 32.2. The first-order valence-corrected chi connectivity index (χ1v) is 8.06. The van der Waals surface area contributed by atoms with Gasteiger partial charge >= 0.3 is 0 Å². The lowest BCUT2D eigenvalue weighted by molar-refractivity contribution is 0.453. The molecule has 1 fully saturated rings. The van der Waals surface area contributed by atoms with E-state index in [9.17, 15) is 8.42 Å². The molecule has 1 aromatic heterocycles. The lowest BCUT2D eigenvalue weighted by Crippen LogP contribution is -2.40. The van der Waals surface area contributed by atoms with Crippen LogP contribution in [0.4, 0.5) is 0 Å². The average molecular weight is 286 g/mol. The summed E-state index contributed by atoms with van der Waals surface area (Å²) in [5, 5.41) is 6.90. The highest BCUT2D eigenvalue weighted by Gasteiger charge is 2.28. The fourth-order valence-corrected chi connectivity index (χ4v) is 3.18. The maximum Gasteiger partial charge on any atom is 0.218 e. The molecule has 1 saturated carbocycles. The van der Waals surface area contributed by atoms with E-state index in [1.807, 2.05) is 13.2 Å². The minimum Gasteiger partial charge on any atom is -0.313 e. The molecule has 1 atom stereocenters. The Balaban J connectivity index is 1.92. The van der Waals surface area contributed by atoms with Gasteiger partial charge in [-0.2, -0.15) is 5.10 Å². The van der Waals surface area contributed by atoms with Crippen molar-refractivity contribution in [3.05, 3.63) is 18.0 Å². The predicted octanol–water partition coefficient (Wildman–Crippen LogP) is 0.322. The number of hydrogen-bond acceptors (Lipinski definition) is 4. The summed E-state index contributed by atoms with van der Waals surface area (Å²) in [5.74, 6) is 0. The molecule has 1 unspecified atom stereocenters. The summed E-state index contributed by atoms with van der Waals surface area (Å²) in [6, 6.07) is 0.529. The molecule has 2 rings (SSSR count). The average Bonchev–Trinajstić information content (AvgIpc) is 3.09. The fourth-order valence-electron chi connectivity index (χ4n) is 1.93. The number of rotatable bonds is 7. The van der Waals surface area contributed by atoms with Crippen molar-refractivity contribution in [2.24, 2.45) is 7.05 Å². The highest BCUT2D eigenvalue weighted by molar-refractivity contribution is 7.89. The third-order valence-electron chi connectivity index (χ3n) is 3.38. The van der Waals surface area contributed by atoms with E-state index in [1.54, 1.807) is 24.9 Å². The molecule has 0 amide bonds. The van der Waals surface area contributed by atoms with E-state index in [0.29, 0.717) is 19.1 Å². The summed E-state index contributed by atoms with van der Waals surface area (Å²) in [7, 11) is 0.179. The molecular formula is C12H22N4O2S. The second kappa shape index (κ2) is 5.60. The molecule has 1 aliphatic carbocycles. The van der Waals surface area contributed by atoms with Crippen LogP contribution in [0.3, 0.4) is 0 Å². The number of aryl methyl sites for hydroxylation is 1. The van der Waals surface area contributed by atoms with Crippen molar-refractivity contribution in [1.29, 1.82) is 0 Å². The minimum absolute atomic E-state index is 0.365. The molecular weight excluding hydrogens is 264 g/mol. The zero-order chi connectivity index (χ0) is 14.0. The molecule has 7 heteroatoms. The molecule has 1 aliphatic rings. The van der Waals surface area contributed by atoms with Crippen LogP contribution in [0.5, 0.6) is 0 Å². The number of hydrogen-bond donors (Lipinski definition) is 1. The van der Waals surface area contributed by atoms with Crippen LogP contribution in [-0.2, 0) is 23.6 Å². The van der Waals surface area contributed by atoms with Crippen LogP contribution >= 0.6 is 0 Å². The van der Waals surface area contributed by atoms with E-state index in [0.717, 1.165) is 18.4 Å². The van der Waals surface area contributed by atoms with Crippen molar-refractivity contribution in [3.8, 4) is 0 Å². The molecule has 19 heavy (non-hydrogen) atoms. The molecule has 1 aromatic rings. The van der Waals surface area contributed by atoms with E-state index in [4.69, 9.17) is 0 Å². The third-order valence-corrected chi connectivity index (χ3v) is 5.56. The fraction of sp³-hybridized carbons (Fsp3) is 0.750. The van der Waals surface area contributed by atoms with Gasteiger partial charge in [-0.25, -0.2) is 12.7 Å². The van der Waals surface area contributed by atoms with Crippen molar-refractivity contribution in [1.82, 2.24) is 19.4 Å². The van der Waals surface area contributed by atoms with E-state index >= 15 is 0 Å². The Kier molecular flexibility index (Phi) is 4.27. The number of sulfonamides is 1. The second-order valence-electron chi connectivity index (χ2n) is 5.32. The van der Waals surface area contributed by atoms with Gasteiger partial charge < -0.3 is 5.32 Å². The molecule has 0 saturated heterocycles. The normalized spacial score (nSPS) is 17.9. The van der Waals surface area contributed by atoms with Gasteiger partial charge in [-0.15, -0.1) is 0 Å². The van der Waals surface area contributed by atoms with Gasteiger partial charge in [-0.1, -0.05) is 0 Å². The smallest absolute Gasteiger partial charge is 0.218 e. The first-order valence-electron chi connectivity index (χ1n) is 6.55. The second-order valence-corrected chi connectivity index (χ2v) is 7.77. The van der Waals surface area contributed by atoms with Crippen LogP contribution in [0.15, 0.2) is 12.4 Å². The van der Waals surface area contributed by atoms with Crippen LogP contribution in [0.25, 0.3) is 0 Å². The van der Waals surface area contributed by atoms with Gasteiger partial charge in [0.1, 0.15) is 0 Å². The van der Waals surface area contributed by atoms with Crippen molar-refractivity contribution in [2.75, 3.05) is 13.6 Å². The maximum absolute atomic E-state index is 12.3. The SMILES string of the molecule is CC(CNC1CC1)S(=O)(=O)N(C)Cc1cnn(C)c1. The number of aromatic nitrogens is 2. The van der Waals surface area contributed by atoms with Crippen LogP contribution < -0.4 is 5.32 Å². The summed E-state index contributed by atoms with van der Waals surface area (Å²) in [5.41, 5.74) is 0.899. The Hall–Kier alpha value is -0.920. The maximum atomic E-state index is 12.3. The highest BCUT2D eigenvalue weighted by Crippen LogP contribution is 2.19. The first-order chi connectivity index (χ1) is 8.89. The number of nitrogens with one attached hydrogen (secondary N) is 1. The van der Waals surface area contributed by atoms with Crippen LogP contribution in [0, 0.1) is 0 Å². The molecule has 0 aliphatic heterocycles. The molecule has 0 bridgehead atoms. The largest absolute Gasteiger partial charge is 0.313 e. The lowest BCUT2D eigenvalue weighted by atomic mass is 10.4. The standard InChI is InChI=1S/C12H22N4O2S/c1-10(6-13-12-4-5-12)19(17,18)16(3)9-11-7-14-15(2)8-11/h7-8,10,12-13H,4-6,9H2,1-3H3. The molecule has 1 N–H and O–H groups in total. The molecule has 6 nitrogen and oxygen atoms in total. The monoisotopic (exact) mass is 286 g/mol. The van der Waals surface area contributed by atoms with E-state index in [1.165, 1.54) is 4.31 Å². The van der Waals surface area contributed by atoms with Crippen LogP contribution in [0.1, 0.15) is 25.3 Å². The lowest BCUT2D eigenvalue weighted by Gasteiger charge is -2.21. The Bertz CT molecular complexity index is 522. The topological polar surface area (TPSA) is 67.2 Å². The van der Waals surface area contributed by atoms with Crippen molar-refractivity contribution in [3.63, 3.8) is 0 Å². The van der Waals surface area contributed by atoms with Crippen molar-refractivity contribution < 1.29 is 8.42 Å². The first kappa shape index (κ1) is 14.5. The molecule has 108 valence electrons. The molecule has 1 heterocycles.